The van der Waals surface area contributed by atoms with Crippen LogP contribution in [-0.2, 0) is 15.1 Å². The van der Waals surface area contributed by atoms with Crippen LogP contribution in [-0.4, -0.2) is 64.9 Å². The molecule has 38 heavy (non-hydrogen) atoms. The molecule has 5 rings (SSSR count). The van der Waals surface area contributed by atoms with Gasteiger partial charge in [-0.15, -0.1) is 0 Å². The number of hydrogen-bond donors (Lipinski definition) is 3. The molecule has 4 heterocycles. The first-order valence-corrected chi connectivity index (χ1v) is 12.4. The van der Waals surface area contributed by atoms with Crippen molar-refractivity contribution in [2.24, 2.45) is 0 Å². The topological polar surface area (TPSA) is 115 Å². The van der Waals surface area contributed by atoms with Gasteiger partial charge in [-0.05, 0) is 62.7 Å². The lowest BCUT2D eigenvalue weighted by Crippen LogP contribution is -2.54. The first-order valence-electron chi connectivity index (χ1n) is 12.4. The van der Waals surface area contributed by atoms with Crippen LogP contribution >= 0.6 is 0 Å². The van der Waals surface area contributed by atoms with Crippen LogP contribution in [0.25, 0.3) is 10.9 Å². The number of nitrogens with zero attached hydrogens (tertiary/aromatic N) is 5. The molecule has 0 spiro atoms. The number of rotatable bonds is 6. The predicted octanol–water partition coefficient (Wildman–Crippen LogP) is 2.61. The fourth-order valence-electron chi connectivity index (χ4n) is 4.44. The molecule has 10 nitrogen and oxygen atoms in total. The van der Waals surface area contributed by atoms with Gasteiger partial charge in [0.15, 0.2) is 5.54 Å². The Bertz CT molecular complexity index is 1440. The van der Waals surface area contributed by atoms with Crippen LogP contribution in [0.5, 0.6) is 0 Å². The number of allylic oxidation sites excluding steroid dienone is 2. The molecule has 0 saturated carbocycles. The van der Waals surface area contributed by atoms with E-state index in [4.69, 9.17) is 4.98 Å². The van der Waals surface area contributed by atoms with Crippen LogP contribution < -0.4 is 20.9 Å². The quantitative estimate of drug-likeness (QED) is 0.431. The van der Waals surface area contributed by atoms with Crippen molar-refractivity contribution >= 4 is 40.0 Å². The van der Waals surface area contributed by atoms with Gasteiger partial charge in [0.05, 0.1) is 0 Å². The standard InChI is InChI=1S/C28H30N8O2/c1-19(2)25(37)34-26(38)28(11-4-5-12-31-28)24-23-20(10-13-29-24)18-30-27(33-23)32-21-6-8-22(9-7-21)36-16-14-35(3)15-17-36/h4-13,18,31H,1,14-17H2,2-3H3,(H,30,32,33)(H,34,37,38). The summed E-state index contributed by atoms with van der Waals surface area (Å²) in [5, 5.41) is 9.45. The lowest BCUT2D eigenvalue weighted by atomic mass is 9.89. The van der Waals surface area contributed by atoms with Gasteiger partial charge < -0.3 is 20.4 Å². The van der Waals surface area contributed by atoms with E-state index in [1.54, 1.807) is 49.8 Å². The number of nitrogens with one attached hydrogen (secondary N) is 3. The number of benzene rings is 1. The average Bonchev–Trinajstić information content (AvgIpc) is 2.94. The zero-order valence-electron chi connectivity index (χ0n) is 21.4. The number of imide groups is 1. The molecule has 2 amide bonds. The SMILES string of the molecule is C=C(C)C(=O)NC(=O)C1(c2nccc3cnc(Nc4ccc(N5CCN(C)CC5)cc4)nc23)C=CC=CN1. The van der Waals surface area contributed by atoms with Gasteiger partial charge in [-0.3, -0.25) is 19.9 Å². The van der Waals surface area contributed by atoms with Gasteiger partial charge in [0, 0.05) is 60.9 Å². The number of carbonyl (C=O) groups is 2. The van der Waals surface area contributed by atoms with Crippen molar-refractivity contribution in [2.75, 3.05) is 43.4 Å². The molecule has 1 aromatic carbocycles. The Labute approximate surface area is 221 Å². The average molecular weight is 511 g/mol. The van der Waals surface area contributed by atoms with E-state index in [9.17, 15) is 9.59 Å². The van der Waals surface area contributed by atoms with Crippen LogP contribution in [0.4, 0.5) is 17.3 Å². The Balaban J connectivity index is 1.44. The van der Waals surface area contributed by atoms with Crippen LogP contribution in [0.3, 0.4) is 0 Å². The molecule has 0 bridgehead atoms. The normalized spacial score (nSPS) is 19.2. The van der Waals surface area contributed by atoms with E-state index < -0.39 is 17.4 Å². The minimum atomic E-state index is -1.45. The molecule has 2 aliphatic heterocycles. The van der Waals surface area contributed by atoms with E-state index in [2.05, 4.69) is 61.5 Å². The number of fused-ring (bicyclic) bond motifs is 1. The second-order valence-electron chi connectivity index (χ2n) is 9.49. The molecular weight excluding hydrogens is 480 g/mol. The predicted molar refractivity (Wildman–Crippen MR) is 148 cm³/mol. The summed E-state index contributed by atoms with van der Waals surface area (Å²) in [6, 6.07) is 9.95. The van der Waals surface area contributed by atoms with Crippen molar-refractivity contribution < 1.29 is 9.59 Å². The van der Waals surface area contributed by atoms with Gasteiger partial charge in [0.2, 0.25) is 5.95 Å². The van der Waals surface area contributed by atoms with Crippen LogP contribution in [0.1, 0.15) is 12.6 Å². The van der Waals surface area contributed by atoms with Gasteiger partial charge in [-0.1, -0.05) is 12.7 Å². The molecule has 3 N–H and O–H groups in total. The highest BCUT2D eigenvalue weighted by Gasteiger charge is 2.42. The number of anilines is 3. The van der Waals surface area contributed by atoms with Crippen LogP contribution in [0.2, 0.25) is 0 Å². The Morgan fingerprint density at radius 1 is 1.05 bits per heavy atom. The Hall–Kier alpha value is -4.57. The molecule has 3 aromatic rings. The van der Waals surface area contributed by atoms with Crippen LogP contribution in [0, 0.1) is 0 Å². The zero-order valence-corrected chi connectivity index (χ0v) is 21.4. The minimum Gasteiger partial charge on any atom is -0.369 e. The third-order valence-electron chi connectivity index (χ3n) is 6.70. The van der Waals surface area contributed by atoms with E-state index in [-0.39, 0.29) is 5.57 Å². The number of pyridine rings is 1. The van der Waals surface area contributed by atoms with Crippen molar-refractivity contribution in [2.45, 2.75) is 12.5 Å². The van der Waals surface area contributed by atoms with Crippen molar-refractivity contribution in [1.29, 1.82) is 0 Å². The summed E-state index contributed by atoms with van der Waals surface area (Å²) in [4.78, 5) is 44.1. The number of hydrogen-bond acceptors (Lipinski definition) is 9. The number of likely N-dealkylation sites (N-methyl/N-ethyl adjacent to an activating group) is 1. The largest absolute Gasteiger partial charge is 0.369 e. The Morgan fingerprint density at radius 2 is 1.82 bits per heavy atom. The Kier molecular flexibility index (Phi) is 6.89. The highest BCUT2D eigenvalue weighted by Crippen LogP contribution is 2.30. The molecule has 10 heteroatoms. The summed E-state index contributed by atoms with van der Waals surface area (Å²) in [5.41, 5.74) is 1.61. The van der Waals surface area contributed by atoms with E-state index in [1.807, 2.05) is 12.1 Å². The molecule has 1 fully saturated rings. The molecule has 0 aliphatic carbocycles. The third-order valence-corrected chi connectivity index (χ3v) is 6.70. The van der Waals surface area contributed by atoms with E-state index in [0.717, 1.165) is 31.9 Å². The first-order chi connectivity index (χ1) is 18.4. The maximum absolute atomic E-state index is 13.4. The molecule has 1 saturated heterocycles. The summed E-state index contributed by atoms with van der Waals surface area (Å²) in [5.74, 6) is -0.780. The van der Waals surface area contributed by atoms with Gasteiger partial charge in [0.25, 0.3) is 11.8 Å². The minimum absolute atomic E-state index is 0.224. The molecule has 0 radical (unpaired) electrons. The summed E-state index contributed by atoms with van der Waals surface area (Å²) >= 11 is 0. The third kappa shape index (κ3) is 4.98. The smallest absolute Gasteiger partial charge is 0.262 e. The van der Waals surface area contributed by atoms with Crippen LogP contribution in [0.15, 0.2) is 79.3 Å². The second kappa shape index (κ2) is 10.4. The number of aromatic nitrogens is 3. The lowest BCUT2D eigenvalue weighted by Gasteiger charge is -2.34. The number of dihydropyridines is 1. The Morgan fingerprint density at radius 3 is 2.50 bits per heavy atom. The van der Waals surface area contributed by atoms with Crippen molar-refractivity contribution in [3.63, 3.8) is 0 Å². The highest BCUT2D eigenvalue weighted by atomic mass is 16.2. The fraction of sp³-hybridized carbons (Fsp3) is 0.250. The summed E-state index contributed by atoms with van der Waals surface area (Å²) in [6.45, 7) is 9.24. The maximum Gasteiger partial charge on any atom is 0.262 e. The van der Waals surface area contributed by atoms with Crippen molar-refractivity contribution in [3.05, 3.63) is 85.0 Å². The molecule has 194 valence electrons. The van der Waals surface area contributed by atoms with E-state index >= 15 is 0 Å². The highest BCUT2D eigenvalue weighted by molar-refractivity contribution is 6.08. The van der Waals surface area contributed by atoms with Gasteiger partial charge in [-0.25, -0.2) is 9.97 Å². The van der Waals surface area contributed by atoms with Gasteiger partial charge >= 0.3 is 0 Å². The van der Waals surface area contributed by atoms with Gasteiger partial charge in [0.1, 0.15) is 11.2 Å². The summed E-state index contributed by atoms with van der Waals surface area (Å²) in [7, 11) is 2.14. The number of piperazine rings is 1. The van der Waals surface area contributed by atoms with E-state index in [0.29, 0.717) is 22.5 Å². The number of carbonyl (C=O) groups excluding carboxylic acids is 2. The second-order valence-corrected chi connectivity index (χ2v) is 9.49. The molecule has 2 aliphatic rings. The molecule has 1 atom stereocenters. The van der Waals surface area contributed by atoms with Gasteiger partial charge in [-0.2, -0.15) is 0 Å². The molecule has 2 aromatic heterocycles. The molecule has 1 unspecified atom stereocenters. The zero-order chi connectivity index (χ0) is 26.7. The lowest BCUT2D eigenvalue weighted by molar-refractivity contribution is -0.131. The van der Waals surface area contributed by atoms with E-state index in [1.165, 1.54) is 5.69 Å². The van der Waals surface area contributed by atoms with Crippen molar-refractivity contribution in [3.8, 4) is 0 Å². The maximum atomic E-state index is 13.4. The van der Waals surface area contributed by atoms with Crippen molar-refractivity contribution in [1.82, 2.24) is 30.5 Å². The first kappa shape index (κ1) is 25.1. The monoisotopic (exact) mass is 510 g/mol. The molecular formula is C28H30N8O2. The number of amides is 2. The summed E-state index contributed by atoms with van der Waals surface area (Å²) < 4.78 is 0. The fourth-order valence-corrected chi connectivity index (χ4v) is 4.44. The summed E-state index contributed by atoms with van der Waals surface area (Å²) in [6.07, 6.45) is 10.0.